The zero-order chi connectivity index (χ0) is 22.7. The van der Waals surface area contributed by atoms with Gasteiger partial charge in [0.05, 0.1) is 44.6 Å². The molecule has 4 aromatic rings. The van der Waals surface area contributed by atoms with Crippen molar-refractivity contribution in [3.05, 3.63) is 77.6 Å². The summed E-state index contributed by atoms with van der Waals surface area (Å²) in [7, 11) is 4.64. The lowest BCUT2D eigenvalue weighted by Crippen LogP contribution is -2.31. The highest BCUT2D eigenvalue weighted by Crippen LogP contribution is 2.41. The van der Waals surface area contributed by atoms with Gasteiger partial charge in [-0.3, -0.25) is 4.79 Å². The fourth-order valence-electron chi connectivity index (χ4n) is 3.59. The van der Waals surface area contributed by atoms with Gasteiger partial charge in [0.1, 0.15) is 5.82 Å². The summed E-state index contributed by atoms with van der Waals surface area (Å²) in [6, 6.07) is 18.8. The lowest BCUT2D eigenvalue weighted by molar-refractivity contribution is 0.0984. The number of H-pyrrole nitrogens is 1. The Hall–Kier alpha value is -4.00. The van der Waals surface area contributed by atoms with Crippen LogP contribution in [-0.4, -0.2) is 37.2 Å². The smallest absolute Gasteiger partial charge is 0.258 e. The number of nitrogens with zero attached hydrogens (tertiary/aromatic N) is 2. The highest BCUT2D eigenvalue weighted by molar-refractivity contribution is 6.06. The predicted octanol–water partition coefficient (Wildman–Crippen LogP) is 4.74. The van der Waals surface area contributed by atoms with Gasteiger partial charge in [-0.2, -0.15) is 0 Å². The van der Waals surface area contributed by atoms with Crippen molar-refractivity contribution in [1.82, 2.24) is 9.97 Å². The van der Waals surface area contributed by atoms with E-state index in [4.69, 9.17) is 14.2 Å². The quantitative estimate of drug-likeness (QED) is 0.457. The molecule has 0 bridgehead atoms. The van der Waals surface area contributed by atoms with Crippen LogP contribution in [0.15, 0.2) is 60.7 Å². The molecule has 1 N–H and O–H groups in total. The number of hydrogen-bond acceptors (Lipinski definition) is 5. The van der Waals surface area contributed by atoms with Crippen molar-refractivity contribution in [1.29, 1.82) is 0 Å². The monoisotopic (exact) mass is 431 g/mol. The van der Waals surface area contributed by atoms with Crippen molar-refractivity contribution in [3.63, 3.8) is 0 Å². The third kappa shape index (κ3) is 4.09. The molecule has 7 nitrogen and oxygen atoms in total. The number of aromatic amines is 1. The molecule has 1 aromatic heterocycles. The largest absolute Gasteiger partial charge is 0.493 e. The van der Waals surface area contributed by atoms with Gasteiger partial charge in [-0.25, -0.2) is 4.98 Å². The molecule has 0 aliphatic carbocycles. The minimum absolute atomic E-state index is 0.167. The topological polar surface area (TPSA) is 76.7 Å². The predicted molar refractivity (Wildman–Crippen MR) is 124 cm³/mol. The molecule has 7 heteroatoms. The zero-order valence-corrected chi connectivity index (χ0v) is 18.5. The van der Waals surface area contributed by atoms with E-state index in [-0.39, 0.29) is 12.5 Å². The summed E-state index contributed by atoms with van der Waals surface area (Å²) in [6.07, 6.45) is 0. The second-order valence-electron chi connectivity index (χ2n) is 7.34. The molecule has 0 fully saturated rings. The number of nitrogens with one attached hydrogen (secondary N) is 1. The lowest BCUT2D eigenvalue weighted by Gasteiger charge is -2.24. The van der Waals surface area contributed by atoms with Gasteiger partial charge in [0.25, 0.3) is 5.91 Å². The summed E-state index contributed by atoms with van der Waals surface area (Å²) in [5.41, 5.74) is 4.01. The molecule has 0 saturated carbocycles. The Morgan fingerprint density at radius 3 is 2.19 bits per heavy atom. The molecule has 3 aromatic carbocycles. The number of fused-ring (bicyclic) bond motifs is 1. The maximum absolute atomic E-state index is 13.6. The molecule has 0 aliphatic heterocycles. The normalized spacial score (nSPS) is 10.8. The van der Waals surface area contributed by atoms with Gasteiger partial charge < -0.3 is 24.1 Å². The number of anilines is 1. The summed E-state index contributed by atoms with van der Waals surface area (Å²) >= 11 is 0. The number of aromatic nitrogens is 2. The van der Waals surface area contributed by atoms with Gasteiger partial charge in [-0.1, -0.05) is 29.8 Å². The first-order chi connectivity index (χ1) is 15.5. The van der Waals surface area contributed by atoms with E-state index in [0.29, 0.717) is 34.3 Å². The Balaban J connectivity index is 1.81. The van der Waals surface area contributed by atoms with E-state index < -0.39 is 0 Å². The molecule has 0 radical (unpaired) electrons. The minimum atomic E-state index is -0.167. The first-order valence-corrected chi connectivity index (χ1v) is 10.2. The van der Waals surface area contributed by atoms with Gasteiger partial charge in [0.15, 0.2) is 11.5 Å². The summed E-state index contributed by atoms with van der Waals surface area (Å²) in [5, 5.41) is 0. The second-order valence-corrected chi connectivity index (χ2v) is 7.34. The van der Waals surface area contributed by atoms with Crippen molar-refractivity contribution >= 4 is 22.6 Å². The van der Waals surface area contributed by atoms with E-state index in [1.165, 1.54) is 0 Å². The van der Waals surface area contributed by atoms with Gasteiger partial charge in [0, 0.05) is 17.7 Å². The minimum Gasteiger partial charge on any atom is -0.493 e. The number of amides is 1. The standard InChI is InChI=1S/C25H25N3O4/c1-16-9-11-17(12-10-16)25(29)28(15-23-26-19-7-5-6-8-20(19)27-23)18-13-21(30-2)24(32-4)22(14-18)31-3/h5-14H,15H2,1-4H3,(H,26,27). The van der Waals surface area contributed by atoms with Gasteiger partial charge in [-0.15, -0.1) is 0 Å². The van der Waals surface area contributed by atoms with E-state index in [2.05, 4.69) is 9.97 Å². The highest BCUT2D eigenvalue weighted by Gasteiger charge is 2.23. The van der Waals surface area contributed by atoms with Crippen LogP contribution in [0.1, 0.15) is 21.7 Å². The Kier molecular flexibility index (Phi) is 5.98. The third-order valence-electron chi connectivity index (χ3n) is 5.25. The zero-order valence-electron chi connectivity index (χ0n) is 18.5. The van der Waals surface area contributed by atoms with Crippen molar-refractivity contribution < 1.29 is 19.0 Å². The van der Waals surface area contributed by atoms with Gasteiger partial charge in [-0.05, 0) is 31.2 Å². The first-order valence-electron chi connectivity index (χ1n) is 10.2. The first kappa shape index (κ1) is 21.2. The molecule has 0 unspecified atom stereocenters. The van der Waals surface area contributed by atoms with Crippen LogP contribution >= 0.6 is 0 Å². The Bertz CT molecular complexity index is 1190. The van der Waals surface area contributed by atoms with E-state index >= 15 is 0 Å². The fraction of sp³-hybridized carbons (Fsp3) is 0.200. The van der Waals surface area contributed by atoms with Crippen LogP contribution in [-0.2, 0) is 6.54 Å². The Morgan fingerprint density at radius 2 is 1.59 bits per heavy atom. The molecule has 0 atom stereocenters. The molecule has 32 heavy (non-hydrogen) atoms. The van der Waals surface area contributed by atoms with Crippen LogP contribution in [0.2, 0.25) is 0 Å². The number of aryl methyl sites for hydroxylation is 1. The fourth-order valence-corrected chi connectivity index (χ4v) is 3.59. The molecular formula is C25H25N3O4. The van der Waals surface area contributed by atoms with Crippen molar-refractivity contribution in [2.75, 3.05) is 26.2 Å². The number of hydrogen-bond donors (Lipinski definition) is 1. The number of ether oxygens (including phenoxy) is 3. The maximum Gasteiger partial charge on any atom is 0.258 e. The third-order valence-corrected chi connectivity index (χ3v) is 5.25. The Morgan fingerprint density at radius 1 is 0.938 bits per heavy atom. The van der Waals surface area contributed by atoms with Crippen LogP contribution in [0.3, 0.4) is 0 Å². The summed E-state index contributed by atoms with van der Waals surface area (Å²) < 4.78 is 16.4. The lowest BCUT2D eigenvalue weighted by atomic mass is 10.1. The average molecular weight is 431 g/mol. The highest BCUT2D eigenvalue weighted by atomic mass is 16.5. The number of imidazole rings is 1. The molecular weight excluding hydrogens is 406 g/mol. The molecule has 0 spiro atoms. The molecule has 0 aliphatic rings. The van der Waals surface area contributed by atoms with E-state index in [1.54, 1.807) is 38.4 Å². The van der Waals surface area contributed by atoms with Crippen LogP contribution in [0, 0.1) is 6.92 Å². The van der Waals surface area contributed by atoms with Crippen LogP contribution < -0.4 is 19.1 Å². The van der Waals surface area contributed by atoms with Gasteiger partial charge >= 0.3 is 0 Å². The van der Waals surface area contributed by atoms with Crippen LogP contribution in [0.5, 0.6) is 17.2 Å². The number of carbonyl (C=O) groups excluding carboxylic acids is 1. The second kappa shape index (κ2) is 9.01. The SMILES string of the molecule is COc1cc(N(Cc2nc3ccccc3[nH]2)C(=O)c2ccc(C)cc2)cc(OC)c1OC. The molecule has 164 valence electrons. The summed E-state index contributed by atoms with van der Waals surface area (Å²) in [6.45, 7) is 2.22. The van der Waals surface area contributed by atoms with Crippen LogP contribution in [0.4, 0.5) is 5.69 Å². The molecule has 0 saturated heterocycles. The van der Waals surface area contributed by atoms with Gasteiger partial charge in [0.2, 0.25) is 5.75 Å². The van der Waals surface area contributed by atoms with Crippen molar-refractivity contribution in [3.8, 4) is 17.2 Å². The maximum atomic E-state index is 13.6. The molecule has 1 amide bonds. The van der Waals surface area contributed by atoms with E-state index in [0.717, 1.165) is 16.6 Å². The number of carbonyl (C=O) groups is 1. The number of benzene rings is 3. The Labute approximate surface area is 186 Å². The van der Waals surface area contributed by atoms with Crippen molar-refractivity contribution in [2.24, 2.45) is 0 Å². The average Bonchev–Trinajstić information content (AvgIpc) is 3.24. The molecule has 4 rings (SSSR count). The summed E-state index contributed by atoms with van der Waals surface area (Å²) in [4.78, 5) is 23.2. The molecule has 1 heterocycles. The van der Waals surface area contributed by atoms with Crippen molar-refractivity contribution in [2.45, 2.75) is 13.5 Å². The van der Waals surface area contributed by atoms with Crippen LogP contribution in [0.25, 0.3) is 11.0 Å². The summed E-state index contributed by atoms with van der Waals surface area (Å²) in [5.74, 6) is 1.90. The van der Waals surface area contributed by atoms with E-state index in [9.17, 15) is 4.79 Å². The number of para-hydroxylation sites is 2. The van der Waals surface area contributed by atoms with E-state index in [1.807, 2.05) is 55.5 Å². The number of rotatable bonds is 7. The number of methoxy groups -OCH3 is 3.